The largest absolute Gasteiger partial charge is 0.466 e. The minimum atomic E-state index is -5.99. The van der Waals surface area contributed by atoms with E-state index in [4.69, 9.17) is 33.2 Å². The predicted octanol–water partition coefficient (Wildman–Crippen LogP) is 7.19. The molecule has 0 spiro atoms. The maximum atomic E-state index is 13.2. The summed E-state index contributed by atoms with van der Waals surface area (Å²) in [6.07, 6.45) is -5.24. The number of halogens is 9. The zero-order chi connectivity index (χ0) is 20.4. The van der Waals surface area contributed by atoms with E-state index in [1.807, 2.05) is 0 Å². The van der Waals surface area contributed by atoms with E-state index in [1.165, 1.54) is 0 Å². The zero-order valence-electron chi connectivity index (χ0n) is 13.9. The van der Waals surface area contributed by atoms with Gasteiger partial charge in [0.15, 0.2) is 0 Å². The molecule has 0 aromatic carbocycles. The lowest BCUT2D eigenvalue weighted by Crippen LogP contribution is -2.50. The summed E-state index contributed by atoms with van der Waals surface area (Å²) in [4.78, 5) is 11.2. The van der Waals surface area contributed by atoms with Crippen molar-refractivity contribution in [2.45, 2.75) is 82.3 Å². The zero-order valence-corrected chi connectivity index (χ0v) is 17.1. The van der Waals surface area contributed by atoms with Gasteiger partial charge in [-0.05, 0) is 12.5 Å². The highest BCUT2D eigenvalue weighted by Gasteiger charge is 2.66. The highest BCUT2D eigenvalue weighted by Crippen LogP contribution is 2.40. The first-order valence-electron chi connectivity index (χ1n) is 8.12. The molecule has 0 aliphatic heterocycles. The van der Waals surface area contributed by atoms with Gasteiger partial charge in [-0.25, -0.2) is 8.78 Å². The van der Waals surface area contributed by atoms with Crippen LogP contribution in [0.15, 0.2) is 0 Å². The van der Waals surface area contributed by atoms with Crippen molar-refractivity contribution in [3.8, 4) is 0 Å². The van der Waals surface area contributed by atoms with Crippen LogP contribution in [0.4, 0.5) is 26.3 Å². The quantitative estimate of drug-likeness (QED) is 0.0938. The van der Waals surface area contributed by atoms with Gasteiger partial charge in [-0.1, -0.05) is 44.9 Å². The molecule has 26 heavy (non-hydrogen) atoms. The van der Waals surface area contributed by atoms with E-state index in [0.717, 1.165) is 32.1 Å². The van der Waals surface area contributed by atoms with E-state index in [-0.39, 0.29) is 6.42 Å². The number of rotatable bonds is 13. The molecule has 0 saturated heterocycles. The third-order valence-corrected chi connectivity index (χ3v) is 6.14. The Balaban J connectivity index is 3.81. The first kappa shape index (κ1) is 26.1. The fourth-order valence-corrected chi connectivity index (χ4v) is 3.95. The molecule has 0 fully saturated rings. The second kappa shape index (κ2) is 11.9. The number of alkyl halides is 6. The Morgan fingerprint density at radius 3 is 1.65 bits per heavy atom. The molecule has 0 aromatic heterocycles. The van der Waals surface area contributed by atoms with Gasteiger partial charge in [0.1, 0.15) is 0 Å². The fourth-order valence-electron chi connectivity index (χ4n) is 2.10. The van der Waals surface area contributed by atoms with Crippen LogP contribution in [0.2, 0.25) is 6.04 Å². The molecule has 0 rings (SSSR count). The minimum absolute atomic E-state index is 0.134. The van der Waals surface area contributed by atoms with E-state index in [1.54, 1.807) is 0 Å². The first-order valence-corrected chi connectivity index (χ1v) is 13.4. The highest BCUT2D eigenvalue weighted by molar-refractivity contribution is 7.64. The number of carbonyl (C=O) groups is 1. The maximum absolute atomic E-state index is 13.2. The van der Waals surface area contributed by atoms with E-state index >= 15 is 0 Å². The summed E-state index contributed by atoms with van der Waals surface area (Å²) in [5.41, 5.74) is 0. The van der Waals surface area contributed by atoms with E-state index in [0.29, 0.717) is 18.9 Å². The van der Waals surface area contributed by atoms with Crippen molar-refractivity contribution < 1.29 is 35.9 Å². The van der Waals surface area contributed by atoms with Gasteiger partial charge in [-0.15, -0.1) is 33.2 Å². The highest BCUT2D eigenvalue weighted by atomic mass is 35.8. The standard InChI is InChI=1S/C14H21Cl3F6O2Si/c15-26(16,17)10-8-6-4-2-1-3-5-7-9-11(24)25-13(20,12(18)19)14(21,22)23/h12H,1-10H2. The van der Waals surface area contributed by atoms with Crippen LogP contribution >= 0.6 is 33.2 Å². The normalized spacial score (nSPS) is 15.2. The number of carbonyl (C=O) groups excluding carboxylic acids is 1. The summed E-state index contributed by atoms with van der Waals surface area (Å²) in [5.74, 6) is -6.90. The van der Waals surface area contributed by atoms with Crippen LogP contribution in [-0.2, 0) is 9.53 Å². The second-order valence-corrected chi connectivity index (χ2v) is 15.1. The van der Waals surface area contributed by atoms with Crippen molar-refractivity contribution in [3.05, 3.63) is 0 Å². The lowest BCUT2D eigenvalue weighted by molar-refractivity contribution is -0.355. The molecule has 0 aliphatic carbocycles. The minimum Gasteiger partial charge on any atom is -0.415 e. The smallest absolute Gasteiger partial charge is 0.415 e. The van der Waals surface area contributed by atoms with Gasteiger partial charge >= 0.3 is 30.4 Å². The Hall–Kier alpha value is 0.137. The third kappa shape index (κ3) is 11.1. The number of hydrogen-bond acceptors (Lipinski definition) is 2. The monoisotopic (exact) mass is 468 g/mol. The van der Waals surface area contributed by atoms with Crippen LogP contribution in [0.3, 0.4) is 0 Å². The summed E-state index contributed by atoms with van der Waals surface area (Å²) in [5, 5.41) is 0. The molecule has 0 aromatic rings. The first-order chi connectivity index (χ1) is 11.8. The molecule has 1 atom stereocenters. The molecular formula is C14H21Cl3F6O2Si. The van der Waals surface area contributed by atoms with Crippen LogP contribution in [0.1, 0.15) is 57.8 Å². The average molecular weight is 470 g/mol. The topological polar surface area (TPSA) is 26.3 Å². The van der Waals surface area contributed by atoms with Gasteiger partial charge in [0, 0.05) is 6.42 Å². The summed E-state index contributed by atoms with van der Waals surface area (Å²) in [7, 11) is 0. The molecule has 0 aliphatic rings. The van der Waals surface area contributed by atoms with E-state index < -0.39 is 36.8 Å². The number of unbranched alkanes of at least 4 members (excludes halogenated alkanes) is 7. The average Bonchev–Trinajstić information content (AvgIpc) is 2.46. The molecule has 0 bridgehead atoms. The van der Waals surface area contributed by atoms with Crippen LogP contribution in [-0.4, -0.2) is 30.4 Å². The van der Waals surface area contributed by atoms with E-state index in [9.17, 15) is 31.1 Å². The predicted molar refractivity (Wildman–Crippen MR) is 91.7 cm³/mol. The third-order valence-electron chi connectivity index (χ3n) is 3.52. The van der Waals surface area contributed by atoms with Crippen molar-refractivity contribution in [2.75, 3.05) is 0 Å². The van der Waals surface area contributed by atoms with Gasteiger partial charge in [-0.2, -0.15) is 17.6 Å². The molecule has 1 unspecified atom stereocenters. The molecule has 0 saturated carbocycles. The summed E-state index contributed by atoms with van der Waals surface area (Å²) in [6, 6.07) is -1.96. The van der Waals surface area contributed by atoms with Crippen molar-refractivity contribution in [3.63, 3.8) is 0 Å². The molecule has 0 N–H and O–H groups in total. The molecule has 156 valence electrons. The Labute approximate surface area is 163 Å². The number of ether oxygens (including phenoxy) is 1. The Morgan fingerprint density at radius 1 is 0.846 bits per heavy atom. The second-order valence-electron chi connectivity index (χ2n) is 5.86. The molecule has 2 nitrogen and oxygen atoms in total. The molecular weight excluding hydrogens is 449 g/mol. The van der Waals surface area contributed by atoms with Gasteiger partial charge in [0.2, 0.25) is 0 Å². The van der Waals surface area contributed by atoms with Gasteiger partial charge in [-0.3, -0.25) is 4.79 Å². The fraction of sp³-hybridized carbons (Fsp3) is 0.929. The maximum Gasteiger partial charge on any atom is 0.466 e. The van der Waals surface area contributed by atoms with Crippen LogP contribution in [0, 0.1) is 0 Å². The Morgan fingerprint density at radius 2 is 1.27 bits per heavy atom. The SMILES string of the molecule is O=C(CCCCCCCCCC[Si](Cl)(Cl)Cl)OC(F)(C(F)F)C(F)(F)F. The summed E-state index contributed by atoms with van der Waals surface area (Å²) in [6.45, 7) is 0. The lowest BCUT2D eigenvalue weighted by atomic mass is 10.1. The van der Waals surface area contributed by atoms with Crippen LogP contribution in [0.5, 0.6) is 0 Å². The van der Waals surface area contributed by atoms with Gasteiger partial charge in [0.05, 0.1) is 0 Å². The van der Waals surface area contributed by atoms with Crippen LogP contribution in [0.25, 0.3) is 0 Å². The van der Waals surface area contributed by atoms with Gasteiger partial charge in [0.25, 0.3) is 0 Å². The number of esters is 1. The van der Waals surface area contributed by atoms with Gasteiger partial charge < -0.3 is 4.74 Å². The molecule has 12 heteroatoms. The number of hydrogen-bond donors (Lipinski definition) is 0. The summed E-state index contributed by atoms with van der Waals surface area (Å²) < 4.78 is 77.7. The van der Waals surface area contributed by atoms with Crippen molar-refractivity contribution in [1.82, 2.24) is 0 Å². The van der Waals surface area contributed by atoms with Crippen molar-refractivity contribution in [1.29, 1.82) is 0 Å². The molecule has 0 amide bonds. The van der Waals surface area contributed by atoms with E-state index in [2.05, 4.69) is 4.74 Å². The summed E-state index contributed by atoms with van der Waals surface area (Å²) >= 11 is 17.2. The Bertz CT molecular complexity index is 420. The molecule has 0 radical (unpaired) electrons. The van der Waals surface area contributed by atoms with Crippen molar-refractivity contribution in [2.24, 2.45) is 0 Å². The van der Waals surface area contributed by atoms with Crippen LogP contribution < -0.4 is 0 Å². The van der Waals surface area contributed by atoms with Crippen molar-refractivity contribution >= 4 is 45.2 Å². The Kier molecular flexibility index (Phi) is 11.9. The lowest BCUT2D eigenvalue weighted by Gasteiger charge is -2.26. The molecule has 0 heterocycles.